The van der Waals surface area contributed by atoms with E-state index in [4.69, 9.17) is 0 Å². The van der Waals surface area contributed by atoms with Crippen LogP contribution in [0.4, 0.5) is 0 Å². The minimum Gasteiger partial charge on any atom is -0.353 e. The molecule has 1 atom stereocenters. The standard InChI is InChI=1S/C12H13NO2/c14-11(9-4-2-1-3-5-9)8-10-6-7-12(15)13-10/h1-5,10H,6-8H2,(H,13,15). The van der Waals surface area contributed by atoms with Gasteiger partial charge in [-0.2, -0.15) is 0 Å². The van der Waals surface area contributed by atoms with E-state index in [0.717, 1.165) is 12.0 Å². The molecule has 1 heterocycles. The highest BCUT2D eigenvalue weighted by atomic mass is 16.2. The van der Waals surface area contributed by atoms with E-state index in [1.807, 2.05) is 18.2 Å². The molecule has 0 saturated carbocycles. The molecule has 0 aromatic heterocycles. The lowest BCUT2D eigenvalue weighted by Gasteiger charge is -2.08. The molecule has 1 saturated heterocycles. The zero-order chi connectivity index (χ0) is 10.7. The molecule has 1 N–H and O–H groups in total. The smallest absolute Gasteiger partial charge is 0.220 e. The van der Waals surface area contributed by atoms with Gasteiger partial charge in [0.15, 0.2) is 5.78 Å². The molecule has 1 unspecified atom stereocenters. The molecule has 1 fully saturated rings. The van der Waals surface area contributed by atoms with E-state index in [1.54, 1.807) is 12.1 Å². The maximum absolute atomic E-state index is 11.8. The fourth-order valence-corrected chi connectivity index (χ4v) is 1.80. The van der Waals surface area contributed by atoms with Gasteiger partial charge in [-0.05, 0) is 6.42 Å². The largest absolute Gasteiger partial charge is 0.353 e. The first-order valence-electron chi connectivity index (χ1n) is 5.13. The average Bonchev–Trinajstić information content (AvgIpc) is 2.65. The van der Waals surface area contributed by atoms with Crippen molar-refractivity contribution in [1.29, 1.82) is 0 Å². The summed E-state index contributed by atoms with van der Waals surface area (Å²) in [6.07, 6.45) is 1.74. The summed E-state index contributed by atoms with van der Waals surface area (Å²) < 4.78 is 0. The molecule has 3 heteroatoms. The number of nitrogens with one attached hydrogen (secondary N) is 1. The number of carbonyl (C=O) groups excluding carboxylic acids is 2. The van der Waals surface area contributed by atoms with Crippen molar-refractivity contribution >= 4 is 11.7 Å². The zero-order valence-corrected chi connectivity index (χ0v) is 8.40. The highest BCUT2D eigenvalue weighted by Crippen LogP contribution is 2.13. The Labute approximate surface area is 88.5 Å². The molecule has 78 valence electrons. The van der Waals surface area contributed by atoms with Crippen molar-refractivity contribution in [3.63, 3.8) is 0 Å². The molecule has 3 nitrogen and oxygen atoms in total. The van der Waals surface area contributed by atoms with Crippen molar-refractivity contribution in [2.45, 2.75) is 25.3 Å². The van der Waals surface area contributed by atoms with Crippen molar-refractivity contribution < 1.29 is 9.59 Å². The van der Waals surface area contributed by atoms with E-state index in [2.05, 4.69) is 5.32 Å². The van der Waals surface area contributed by atoms with Crippen molar-refractivity contribution in [2.24, 2.45) is 0 Å². The minimum atomic E-state index is 0.0326. The number of rotatable bonds is 3. The Morgan fingerprint density at radius 3 is 2.67 bits per heavy atom. The van der Waals surface area contributed by atoms with Crippen LogP contribution < -0.4 is 5.32 Å². The number of carbonyl (C=O) groups is 2. The van der Waals surface area contributed by atoms with Crippen molar-refractivity contribution in [1.82, 2.24) is 5.32 Å². The van der Waals surface area contributed by atoms with Gasteiger partial charge in [0.05, 0.1) is 0 Å². The topological polar surface area (TPSA) is 46.2 Å². The van der Waals surface area contributed by atoms with Gasteiger partial charge in [0.1, 0.15) is 0 Å². The lowest BCUT2D eigenvalue weighted by atomic mass is 10.0. The number of ketones is 1. The first-order valence-corrected chi connectivity index (χ1v) is 5.13. The summed E-state index contributed by atoms with van der Waals surface area (Å²) in [5.74, 6) is 0.156. The van der Waals surface area contributed by atoms with Crippen LogP contribution in [0.3, 0.4) is 0 Å². The van der Waals surface area contributed by atoms with E-state index in [1.165, 1.54) is 0 Å². The van der Waals surface area contributed by atoms with Gasteiger partial charge < -0.3 is 5.32 Å². The van der Waals surface area contributed by atoms with Crippen LogP contribution in [0.1, 0.15) is 29.6 Å². The second kappa shape index (κ2) is 4.26. The molecule has 1 amide bonds. The number of Topliss-reactive ketones (excluding diaryl/α,β-unsaturated/α-hetero) is 1. The van der Waals surface area contributed by atoms with E-state index in [-0.39, 0.29) is 17.7 Å². The fraction of sp³-hybridized carbons (Fsp3) is 0.333. The Morgan fingerprint density at radius 2 is 2.07 bits per heavy atom. The van der Waals surface area contributed by atoms with Crippen LogP contribution >= 0.6 is 0 Å². The first-order chi connectivity index (χ1) is 7.25. The predicted molar refractivity (Wildman–Crippen MR) is 56.6 cm³/mol. The number of hydrogen-bond acceptors (Lipinski definition) is 2. The van der Waals surface area contributed by atoms with Gasteiger partial charge in [0.2, 0.25) is 5.91 Å². The maximum atomic E-state index is 11.8. The van der Waals surface area contributed by atoms with Gasteiger partial charge in [0.25, 0.3) is 0 Å². The molecule has 0 aliphatic carbocycles. The third-order valence-electron chi connectivity index (χ3n) is 2.61. The average molecular weight is 203 g/mol. The number of amides is 1. The Hall–Kier alpha value is -1.64. The summed E-state index contributed by atoms with van der Waals surface area (Å²) in [4.78, 5) is 22.7. The van der Waals surface area contributed by atoms with Crippen LogP contribution in [0.2, 0.25) is 0 Å². The van der Waals surface area contributed by atoms with E-state index < -0.39 is 0 Å². The van der Waals surface area contributed by atoms with Crippen molar-refractivity contribution in [2.75, 3.05) is 0 Å². The highest BCUT2D eigenvalue weighted by Gasteiger charge is 2.23. The summed E-state index contributed by atoms with van der Waals surface area (Å²) >= 11 is 0. The maximum Gasteiger partial charge on any atom is 0.220 e. The number of hydrogen-bond donors (Lipinski definition) is 1. The summed E-state index contributed by atoms with van der Waals surface area (Å²) in [5.41, 5.74) is 0.721. The SMILES string of the molecule is O=C1CCC(CC(=O)c2ccccc2)N1. The van der Waals surface area contributed by atoms with Crippen LogP contribution in [-0.2, 0) is 4.79 Å². The summed E-state index contributed by atoms with van der Waals surface area (Å²) in [7, 11) is 0. The molecular formula is C12H13NO2. The molecule has 0 bridgehead atoms. The monoisotopic (exact) mass is 203 g/mol. The molecule has 1 aliphatic heterocycles. The fourth-order valence-electron chi connectivity index (χ4n) is 1.80. The van der Waals surface area contributed by atoms with Crippen molar-refractivity contribution in [3.8, 4) is 0 Å². The molecule has 1 aromatic carbocycles. The molecule has 1 aliphatic rings. The Balaban J connectivity index is 1.96. The molecule has 0 spiro atoms. The first kappa shape index (κ1) is 9.90. The second-order valence-electron chi connectivity index (χ2n) is 3.80. The lowest BCUT2D eigenvalue weighted by Crippen LogP contribution is -2.27. The molecule has 1 aromatic rings. The third kappa shape index (κ3) is 2.43. The normalized spacial score (nSPS) is 20.0. The second-order valence-corrected chi connectivity index (χ2v) is 3.80. The van der Waals surface area contributed by atoms with E-state index in [9.17, 15) is 9.59 Å². The third-order valence-corrected chi connectivity index (χ3v) is 2.61. The Bertz CT molecular complexity index is 372. The predicted octanol–water partition coefficient (Wildman–Crippen LogP) is 1.54. The van der Waals surface area contributed by atoms with Gasteiger partial charge in [-0.3, -0.25) is 9.59 Å². The lowest BCUT2D eigenvalue weighted by molar-refractivity contribution is -0.119. The zero-order valence-electron chi connectivity index (χ0n) is 8.40. The minimum absolute atomic E-state index is 0.0326. The summed E-state index contributed by atoms with van der Waals surface area (Å²) in [6, 6.07) is 9.22. The Kier molecular flexibility index (Phi) is 2.81. The van der Waals surface area contributed by atoms with Gasteiger partial charge in [-0.25, -0.2) is 0 Å². The molecule has 15 heavy (non-hydrogen) atoms. The number of benzene rings is 1. The van der Waals surface area contributed by atoms with Gasteiger partial charge >= 0.3 is 0 Å². The van der Waals surface area contributed by atoms with Gasteiger partial charge in [-0.15, -0.1) is 0 Å². The summed E-state index contributed by atoms with van der Waals surface area (Å²) in [5, 5.41) is 2.79. The Morgan fingerprint density at radius 1 is 1.33 bits per heavy atom. The van der Waals surface area contributed by atoms with Gasteiger partial charge in [0, 0.05) is 24.4 Å². The van der Waals surface area contributed by atoms with Crippen LogP contribution in [0.15, 0.2) is 30.3 Å². The van der Waals surface area contributed by atoms with Crippen LogP contribution in [0.25, 0.3) is 0 Å². The van der Waals surface area contributed by atoms with Crippen LogP contribution in [0.5, 0.6) is 0 Å². The van der Waals surface area contributed by atoms with E-state index >= 15 is 0 Å². The molecule has 0 radical (unpaired) electrons. The summed E-state index contributed by atoms with van der Waals surface area (Å²) in [6.45, 7) is 0. The van der Waals surface area contributed by atoms with Crippen LogP contribution in [0, 0.1) is 0 Å². The van der Waals surface area contributed by atoms with Gasteiger partial charge in [-0.1, -0.05) is 30.3 Å². The molecule has 2 rings (SSSR count). The highest BCUT2D eigenvalue weighted by molar-refractivity contribution is 5.96. The quantitative estimate of drug-likeness (QED) is 0.757. The molecular weight excluding hydrogens is 190 g/mol. The van der Waals surface area contributed by atoms with Crippen molar-refractivity contribution in [3.05, 3.63) is 35.9 Å². The van der Waals surface area contributed by atoms with Crippen LogP contribution in [-0.4, -0.2) is 17.7 Å². The van der Waals surface area contributed by atoms with E-state index in [0.29, 0.717) is 12.8 Å².